The second-order valence-corrected chi connectivity index (χ2v) is 3.42. The third-order valence-corrected chi connectivity index (χ3v) is 2.27. The summed E-state index contributed by atoms with van der Waals surface area (Å²) < 4.78 is 12.3. The zero-order valence-electron chi connectivity index (χ0n) is 8.65. The van der Waals surface area contributed by atoms with Crippen molar-refractivity contribution in [3.8, 4) is 5.82 Å². The van der Waals surface area contributed by atoms with Gasteiger partial charge in [0.15, 0.2) is 12.1 Å². The summed E-state index contributed by atoms with van der Waals surface area (Å²) in [5.74, 6) is 0.668. The Morgan fingerprint density at radius 3 is 2.88 bits per heavy atom. The Bertz CT molecular complexity index is 479. The molecular weight excluding hydrogens is 208 g/mol. The summed E-state index contributed by atoms with van der Waals surface area (Å²) in [4.78, 5) is 8.11. The first-order valence-electron chi connectivity index (χ1n) is 4.96. The summed E-state index contributed by atoms with van der Waals surface area (Å²) in [5.41, 5.74) is 0.740. The van der Waals surface area contributed by atoms with Crippen LogP contribution >= 0.6 is 0 Å². The Morgan fingerprint density at radius 2 is 2.19 bits per heavy atom. The van der Waals surface area contributed by atoms with Crippen molar-refractivity contribution in [1.82, 2.24) is 19.7 Å². The Labute approximate surface area is 91.9 Å². The van der Waals surface area contributed by atoms with Gasteiger partial charge < -0.3 is 9.47 Å². The fourth-order valence-corrected chi connectivity index (χ4v) is 1.50. The van der Waals surface area contributed by atoms with E-state index in [-0.39, 0.29) is 12.6 Å². The first-order valence-corrected chi connectivity index (χ1v) is 4.96. The van der Waals surface area contributed by atoms with E-state index in [1.807, 2.05) is 13.0 Å². The topological polar surface area (TPSA) is 62.1 Å². The molecule has 0 amide bonds. The van der Waals surface area contributed by atoms with Crippen LogP contribution in [0.1, 0.15) is 18.9 Å². The normalized spacial score (nSPS) is 24.1. The zero-order valence-corrected chi connectivity index (χ0v) is 8.65. The number of ether oxygens (including phenoxy) is 2. The molecule has 1 saturated heterocycles. The van der Waals surface area contributed by atoms with E-state index in [2.05, 4.69) is 15.1 Å². The predicted octanol–water partition coefficient (Wildman–Crippen LogP) is 1.05. The molecule has 0 N–H and O–H groups in total. The van der Waals surface area contributed by atoms with Crippen LogP contribution in [0.25, 0.3) is 5.82 Å². The fourth-order valence-electron chi connectivity index (χ4n) is 1.50. The van der Waals surface area contributed by atoms with Crippen LogP contribution < -0.4 is 0 Å². The van der Waals surface area contributed by atoms with Gasteiger partial charge in [0.25, 0.3) is 0 Å². The lowest BCUT2D eigenvalue weighted by atomic mass is 10.4. The van der Waals surface area contributed by atoms with E-state index < -0.39 is 0 Å². The van der Waals surface area contributed by atoms with Crippen LogP contribution in [-0.4, -0.2) is 26.0 Å². The van der Waals surface area contributed by atoms with Gasteiger partial charge in [-0.15, -0.1) is 0 Å². The lowest BCUT2D eigenvalue weighted by molar-refractivity contribution is -0.384. The standard InChI is InChI=1S/C10H10N4O2/c1-7-15-10(16-7)8-2-5-14(13-8)9-6-11-3-4-12-9/h2-7,10H,1H3. The van der Waals surface area contributed by atoms with E-state index in [0.717, 1.165) is 5.69 Å². The lowest BCUT2D eigenvalue weighted by Gasteiger charge is -2.32. The highest BCUT2D eigenvalue weighted by Gasteiger charge is 2.30. The smallest absolute Gasteiger partial charge is 0.208 e. The van der Waals surface area contributed by atoms with Gasteiger partial charge >= 0.3 is 0 Å². The summed E-state index contributed by atoms with van der Waals surface area (Å²) in [5, 5.41) is 4.30. The van der Waals surface area contributed by atoms with Gasteiger partial charge in [-0.3, -0.25) is 4.98 Å². The Balaban J connectivity index is 1.83. The average molecular weight is 218 g/mol. The molecule has 1 fully saturated rings. The number of aromatic nitrogens is 4. The van der Waals surface area contributed by atoms with Crippen LogP contribution in [0.3, 0.4) is 0 Å². The van der Waals surface area contributed by atoms with Crippen LogP contribution in [0.2, 0.25) is 0 Å². The predicted molar refractivity (Wildman–Crippen MR) is 53.5 cm³/mol. The second kappa shape index (κ2) is 3.66. The molecule has 0 unspecified atom stereocenters. The second-order valence-electron chi connectivity index (χ2n) is 3.42. The van der Waals surface area contributed by atoms with Crippen molar-refractivity contribution in [3.05, 3.63) is 36.5 Å². The van der Waals surface area contributed by atoms with Crippen molar-refractivity contribution in [2.75, 3.05) is 0 Å². The monoisotopic (exact) mass is 218 g/mol. The average Bonchev–Trinajstić information content (AvgIpc) is 2.75. The van der Waals surface area contributed by atoms with E-state index in [1.54, 1.807) is 29.5 Å². The third kappa shape index (κ3) is 1.58. The third-order valence-electron chi connectivity index (χ3n) is 2.27. The Kier molecular flexibility index (Phi) is 2.16. The molecule has 2 aromatic rings. The van der Waals surface area contributed by atoms with Gasteiger partial charge in [0.2, 0.25) is 6.29 Å². The highest BCUT2D eigenvalue weighted by molar-refractivity contribution is 5.17. The molecule has 16 heavy (non-hydrogen) atoms. The lowest BCUT2D eigenvalue weighted by Crippen LogP contribution is -2.31. The van der Waals surface area contributed by atoms with Crippen LogP contribution in [0.15, 0.2) is 30.9 Å². The van der Waals surface area contributed by atoms with Crippen LogP contribution in [-0.2, 0) is 9.47 Å². The largest absolute Gasteiger partial charge is 0.318 e. The van der Waals surface area contributed by atoms with Crippen LogP contribution in [0.4, 0.5) is 0 Å². The van der Waals surface area contributed by atoms with Crippen LogP contribution in [0, 0.1) is 0 Å². The molecule has 3 heterocycles. The molecule has 0 bridgehead atoms. The summed E-state index contributed by atoms with van der Waals surface area (Å²) in [7, 11) is 0. The first-order chi connectivity index (χ1) is 7.83. The van der Waals surface area contributed by atoms with E-state index in [9.17, 15) is 0 Å². The zero-order chi connectivity index (χ0) is 11.0. The van der Waals surface area contributed by atoms with Gasteiger partial charge in [-0.05, 0) is 13.0 Å². The molecule has 6 heteroatoms. The summed E-state index contributed by atoms with van der Waals surface area (Å²) in [6.07, 6.45) is 6.18. The maximum Gasteiger partial charge on any atom is 0.208 e. The van der Waals surface area contributed by atoms with Crippen molar-refractivity contribution >= 4 is 0 Å². The highest BCUT2D eigenvalue weighted by atomic mass is 16.9. The minimum absolute atomic E-state index is 0.147. The highest BCUT2D eigenvalue weighted by Crippen LogP contribution is 2.30. The molecule has 0 aromatic carbocycles. The Morgan fingerprint density at radius 1 is 1.31 bits per heavy atom. The SMILES string of the molecule is CC1OC(c2ccn(-c3cnccn3)n2)O1. The van der Waals surface area contributed by atoms with Crippen molar-refractivity contribution < 1.29 is 9.47 Å². The van der Waals surface area contributed by atoms with Crippen molar-refractivity contribution in [2.24, 2.45) is 0 Å². The molecule has 0 aliphatic carbocycles. The molecule has 0 saturated carbocycles. The Hall–Kier alpha value is -1.79. The van der Waals surface area contributed by atoms with Crippen molar-refractivity contribution in [3.63, 3.8) is 0 Å². The maximum absolute atomic E-state index is 5.34. The van der Waals surface area contributed by atoms with Crippen LogP contribution in [0.5, 0.6) is 0 Å². The minimum atomic E-state index is -0.354. The molecule has 1 aliphatic heterocycles. The molecule has 2 aromatic heterocycles. The van der Waals surface area contributed by atoms with E-state index in [0.29, 0.717) is 5.82 Å². The van der Waals surface area contributed by atoms with E-state index in [1.165, 1.54) is 0 Å². The molecule has 0 atom stereocenters. The van der Waals surface area contributed by atoms with Crippen molar-refractivity contribution in [1.29, 1.82) is 0 Å². The van der Waals surface area contributed by atoms with E-state index >= 15 is 0 Å². The van der Waals surface area contributed by atoms with Crippen molar-refractivity contribution in [2.45, 2.75) is 19.5 Å². The maximum atomic E-state index is 5.34. The van der Waals surface area contributed by atoms with Gasteiger partial charge in [-0.1, -0.05) is 0 Å². The van der Waals surface area contributed by atoms with Gasteiger partial charge in [0.05, 0.1) is 6.20 Å². The minimum Gasteiger partial charge on any atom is -0.318 e. The van der Waals surface area contributed by atoms with Gasteiger partial charge in [-0.2, -0.15) is 5.10 Å². The number of nitrogens with zero attached hydrogens (tertiary/aromatic N) is 4. The van der Waals surface area contributed by atoms with E-state index in [4.69, 9.17) is 9.47 Å². The number of rotatable bonds is 2. The molecule has 1 aliphatic rings. The number of hydrogen-bond donors (Lipinski definition) is 0. The molecule has 6 nitrogen and oxygen atoms in total. The molecule has 3 rings (SSSR count). The summed E-state index contributed by atoms with van der Waals surface area (Å²) in [6, 6.07) is 1.84. The first kappa shape index (κ1) is 9.44. The quantitative estimate of drug-likeness (QED) is 0.754. The molecule has 0 spiro atoms. The molecular formula is C10H10N4O2. The van der Waals surface area contributed by atoms with Gasteiger partial charge in [0, 0.05) is 18.6 Å². The molecule has 0 radical (unpaired) electrons. The summed E-state index contributed by atoms with van der Waals surface area (Å²) in [6.45, 7) is 1.84. The van der Waals surface area contributed by atoms with Gasteiger partial charge in [0.1, 0.15) is 5.69 Å². The summed E-state index contributed by atoms with van der Waals surface area (Å²) >= 11 is 0. The molecule has 82 valence electrons. The number of hydrogen-bond acceptors (Lipinski definition) is 5. The fraction of sp³-hybridized carbons (Fsp3) is 0.300. The van der Waals surface area contributed by atoms with Gasteiger partial charge in [-0.25, -0.2) is 9.67 Å².